The molecule has 1 aromatic carbocycles. The van der Waals surface area contributed by atoms with Crippen molar-refractivity contribution in [2.24, 2.45) is 5.92 Å². The van der Waals surface area contributed by atoms with E-state index >= 15 is 0 Å². The molecule has 1 rings (SSSR count). The van der Waals surface area contributed by atoms with Crippen LogP contribution >= 0.6 is 0 Å². The number of hydrogen-bond donors (Lipinski definition) is 1. The molecule has 0 spiro atoms. The summed E-state index contributed by atoms with van der Waals surface area (Å²) in [5.74, 6) is -0.428. The van der Waals surface area contributed by atoms with Crippen molar-refractivity contribution in [3.63, 3.8) is 0 Å². The third kappa shape index (κ3) is 6.25. The Morgan fingerprint density at radius 1 is 1.24 bits per heavy atom. The molecule has 0 saturated heterocycles. The van der Waals surface area contributed by atoms with E-state index in [9.17, 15) is 9.59 Å². The lowest BCUT2D eigenvalue weighted by atomic mass is 10.0. The fraction of sp³-hybridized carbons (Fsp3) is 0.412. The first-order valence-corrected chi connectivity index (χ1v) is 7.05. The van der Waals surface area contributed by atoms with Crippen molar-refractivity contribution in [1.82, 2.24) is 5.32 Å². The topological polar surface area (TPSA) is 55.4 Å². The van der Waals surface area contributed by atoms with Crippen LogP contribution in [0.4, 0.5) is 0 Å². The van der Waals surface area contributed by atoms with Crippen molar-refractivity contribution in [3.8, 4) is 0 Å². The van der Waals surface area contributed by atoms with Gasteiger partial charge in [-0.25, -0.2) is 4.79 Å². The van der Waals surface area contributed by atoms with Crippen molar-refractivity contribution in [2.75, 3.05) is 7.11 Å². The number of carbonyl (C=O) groups is 2. The smallest absolute Gasteiger partial charge is 0.328 e. The van der Waals surface area contributed by atoms with Crippen molar-refractivity contribution < 1.29 is 14.3 Å². The summed E-state index contributed by atoms with van der Waals surface area (Å²) in [6.07, 6.45) is 3.70. The molecule has 0 saturated carbocycles. The Bertz CT molecular complexity index is 503. The molecule has 4 nitrogen and oxygen atoms in total. The van der Waals surface area contributed by atoms with Gasteiger partial charge in [0.05, 0.1) is 7.11 Å². The molecule has 0 bridgehead atoms. The molecule has 0 aliphatic rings. The van der Waals surface area contributed by atoms with E-state index in [1.165, 1.54) is 18.7 Å². The quantitative estimate of drug-likeness (QED) is 0.647. The minimum Gasteiger partial charge on any atom is -0.467 e. The van der Waals surface area contributed by atoms with Gasteiger partial charge in [0.15, 0.2) is 0 Å². The third-order valence-electron chi connectivity index (χ3n) is 3.01. The van der Waals surface area contributed by atoms with Gasteiger partial charge in [0, 0.05) is 6.08 Å². The van der Waals surface area contributed by atoms with Crippen molar-refractivity contribution in [2.45, 2.75) is 33.2 Å². The van der Waals surface area contributed by atoms with Crippen molar-refractivity contribution in [3.05, 3.63) is 41.5 Å². The lowest BCUT2D eigenvalue weighted by molar-refractivity contribution is -0.145. The average molecular weight is 289 g/mol. The second kappa shape index (κ2) is 8.25. The second-order valence-corrected chi connectivity index (χ2v) is 5.46. The monoisotopic (exact) mass is 289 g/mol. The lowest BCUT2D eigenvalue weighted by Gasteiger charge is -2.17. The van der Waals surface area contributed by atoms with Crippen LogP contribution in [0.3, 0.4) is 0 Å². The van der Waals surface area contributed by atoms with E-state index in [4.69, 9.17) is 4.74 Å². The van der Waals surface area contributed by atoms with Crippen LogP contribution in [-0.4, -0.2) is 25.0 Å². The SMILES string of the molecule is COC(=O)C(CC(C)C)NC(=O)/C=C/c1ccc(C)cc1. The molecule has 0 heterocycles. The standard InChI is InChI=1S/C17H23NO3/c1-12(2)11-15(17(20)21-4)18-16(19)10-9-14-7-5-13(3)6-8-14/h5-10,12,15H,11H2,1-4H3,(H,18,19)/b10-9+. The average Bonchev–Trinajstić information content (AvgIpc) is 2.44. The Morgan fingerprint density at radius 2 is 1.86 bits per heavy atom. The molecular weight excluding hydrogens is 266 g/mol. The van der Waals surface area contributed by atoms with Crippen molar-refractivity contribution >= 4 is 18.0 Å². The van der Waals surface area contributed by atoms with Gasteiger partial charge in [0.25, 0.3) is 0 Å². The predicted octanol–water partition coefficient (Wildman–Crippen LogP) is 2.71. The number of esters is 1. The first-order chi connectivity index (χ1) is 9.92. The fourth-order valence-corrected chi connectivity index (χ4v) is 1.90. The summed E-state index contributed by atoms with van der Waals surface area (Å²) in [6, 6.07) is 7.22. The minimum atomic E-state index is -0.606. The Hall–Kier alpha value is -2.10. The van der Waals surface area contributed by atoms with Gasteiger partial charge in [-0.3, -0.25) is 4.79 Å². The van der Waals surface area contributed by atoms with Crippen LogP contribution in [0.15, 0.2) is 30.3 Å². The van der Waals surface area contributed by atoms with Gasteiger partial charge < -0.3 is 10.1 Å². The molecule has 0 aliphatic heterocycles. The van der Waals surface area contributed by atoms with Crippen LogP contribution in [0.5, 0.6) is 0 Å². The molecule has 1 atom stereocenters. The Balaban J connectivity index is 2.64. The molecule has 0 aromatic heterocycles. The largest absolute Gasteiger partial charge is 0.467 e. The maximum Gasteiger partial charge on any atom is 0.328 e. The number of methoxy groups -OCH3 is 1. The highest BCUT2D eigenvalue weighted by Gasteiger charge is 2.21. The van der Waals surface area contributed by atoms with Gasteiger partial charge in [-0.05, 0) is 30.9 Å². The van der Waals surface area contributed by atoms with Crippen LogP contribution in [0.25, 0.3) is 6.08 Å². The maximum atomic E-state index is 11.9. The van der Waals surface area contributed by atoms with Crippen LogP contribution in [0.1, 0.15) is 31.4 Å². The molecule has 0 aliphatic carbocycles. The van der Waals surface area contributed by atoms with Crippen LogP contribution in [-0.2, 0) is 14.3 Å². The van der Waals surface area contributed by atoms with E-state index in [2.05, 4.69) is 5.32 Å². The number of nitrogens with one attached hydrogen (secondary N) is 1. The van der Waals surface area contributed by atoms with E-state index in [0.29, 0.717) is 6.42 Å². The van der Waals surface area contributed by atoms with Crippen LogP contribution in [0, 0.1) is 12.8 Å². The fourth-order valence-electron chi connectivity index (χ4n) is 1.90. The van der Waals surface area contributed by atoms with Gasteiger partial charge in [-0.2, -0.15) is 0 Å². The molecule has 21 heavy (non-hydrogen) atoms. The number of amides is 1. The van der Waals surface area contributed by atoms with Crippen molar-refractivity contribution in [1.29, 1.82) is 0 Å². The molecule has 0 fully saturated rings. The summed E-state index contributed by atoms with van der Waals surface area (Å²) >= 11 is 0. The second-order valence-electron chi connectivity index (χ2n) is 5.46. The minimum absolute atomic E-state index is 0.287. The van der Waals surface area contributed by atoms with E-state index in [0.717, 1.165) is 5.56 Å². The Labute approximate surface area is 126 Å². The number of ether oxygens (including phenoxy) is 1. The van der Waals surface area contributed by atoms with E-state index in [-0.39, 0.29) is 11.8 Å². The molecule has 114 valence electrons. The summed E-state index contributed by atoms with van der Waals surface area (Å²) in [7, 11) is 1.32. The zero-order valence-corrected chi connectivity index (χ0v) is 13.1. The highest BCUT2D eigenvalue weighted by molar-refractivity contribution is 5.94. The summed E-state index contributed by atoms with van der Waals surface area (Å²) in [5, 5.41) is 2.68. The highest BCUT2D eigenvalue weighted by atomic mass is 16.5. The van der Waals surface area contributed by atoms with E-state index < -0.39 is 12.0 Å². The number of rotatable bonds is 6. The van der Waals surface area contributed by atoms with Crippen LogP contribution in [0.2, 0.25) is 0 Å². The molecule has 1 amide bonds. The molecule has 1 N–H and O–H groups in total. The van der Waals surface area contributed by atoms with Gasteiger partial charge in [0.1, 0.15) is 6.04 Å². The summed E-state index contributed by atoms with van der Waals surface area (Å²) in [4.78, 5) is 23.5. The molecular formula is C17H23NO3. The lowest BCUT2D eigenvalue weighted by Crippen LogP contribution is -2.41. The molecule has 4 heteroatoms. The van der Waals surface area contributed by atoms with Gasteiger partial charge in [0.2, 0.25) is 5.91 Å². The van der Waals surface area contributed by atoms with E-state index in [1.807, 2.05) is 45.0 Å². The first-order valence-electron chi connectivity index (χ1n) is 7.05. The van der Waals surface area contributed by atoms with Gasteiger partial charge in [-0.15, -0.1) is 0 Å². The van der Waals surface area contributed by atoms with Crippen LogP contribution < -0.4 is 5.32 Å². The molecule has 1 aromatic rings. The Kier molecular flexibility index (Phi) is 6.66. The summed E-state index contributed by atoms with van der Waals surface area (Å²) in [5.41, 5.74) is 2.11. The first kappa shape index (κ1) is 17.0. The third-order valence-corrected chi connectivity index (χ3v) is 3.01. The maximum absolute atomic E-state index is 11.9. The Morgan fingerprint density at radius 3 is 2.38 bits per heavy atom. The zero-order valence-electron chi connectivity index (χ0n) is 13.1. The number of aryl methyl sites for hydroxylation is 1. The zero-order chi connectivity index (χ0) is 15.8. The highest BCUT2D eigenvalue weighted by Crippen LogP contribution is 2.07. The van der Waals surface area contributed by atoms with Gasteiger partial charge in [-0.1, -0.05) is 43.7 Å². The summed E-state index contributed by atoms with van der Waals surface area (Å²) < 4.78 is 4.71. The van der Waals surface area contributed by atoms with E-state index in [1.54, 1.807) is 6.08 Å². The number of benzene rings is 1. The predicted molar refractivity (Wildman–Crippen MR) is 83.6 cm³/mol. The summed E-state index contributed by atoms with van der Waals surface area (Å²) in [6.45, 7) is 5.99. The number of carbonyl (C=O) groups excluding carboxylic acids is 2. The molecule has 0 radical (unpaired) electrons. The number of hydrogen-bond acceptors (Lipinski definition) is 3. The normalized spacial score (nSPS) is 12.4. The van der Waals surface area contributed by atoms with Gasteiger partial charge >= 0.3 is 5.97 Å². The molecule has 1 unspecified atom stereocenters.